The minimum atomic E-state index is -0.198. The maximum absolute atomic E-state index is 5.68. The van der Waals surface area contributed by atoms with Crippen molar-refractivity contribution >= 4 is 12.2 Å². The lowest BCUT2D eigenvalue weighted by molar-refractivity contribution is 0.273. The van der Waals surface area contributed by atoms with Crippen LogP contribution >= 0.6 is 0 Å². The highest BCUT2D eigenvalue weighted by Crippen LogP contribution is 2.48. The number of nitrogens with two attached hydrogens (primary N) is 1. The normalized spacial score (nSPS) is 16.1. The molecule has 0 amide bonds. The minimum absolute atomic E-state index is 0.198. The van der Waals surface area contributed by atoms with Crippen molar-refractivity contribution < 1.29 is 4.52 Å². The van der Waals surface area contributed by atoms with Crippen molar-refractivity contribution in [1.29, 1.82) is 0 Å². The zero-order chi connectivity index (χ0) is 20.8. The number of nitrogens with zero attached hydrogens (tertiary/aromatic N) is 5. The third-order valence-corrected chi connectivity index (χ3v) is 6.39. The van der Waals surface area contributed by atoms with E-state index in [1.54, 1.807) is 12.4 Å². The third kappa shape index (κ3) is 2.92. The van der Waals surface area contributed by atoms with Gasteiger partial charge in [-0.25, -0.2) is 9.97 Å². The van der Waals surface area contributed by atoms with Crippen molar-refractivity contribution in [1.82, 2.24) is 20.1 Å². The van der Waals surface area contributed by atoms with E-state index in [9.17, 15) is 0 Å². The quantitative estimate of drug-likeness (QED) is 0.543. The molecule has 2 aromatic carbocycles. The second-order valence-electron chi connectivity index (χ2n) is 8.15. The Labute approximate surface area is 179 Å². The molecule has 4 aromatic rings. The number of rotatable bonds is 4. The standard InChI is InChI=1S/C24H20N6O/c25-23-27-13-19(14-28-23)15-4-6-20(7-5-15)24(8-1-9-24)22-29-21(31-30-22)16-2-3-17-11-26-12-18(17)10-16/h2-7,10,12-14H,1,8-9,11H2,(H2,25,27,28). The summed E-state index contributed by atoms with van der Waals surface area (Å²) in [5.74, 6) is 1.59. The molecule has 1 fully saturated rings. The second-order valence-corrected chi connectivity index (χ2v) is 8.15. The topological polar surface area (TPSA) is 103 Å². The van der Waals surface area contributed by atoms with Gasteiger partial charge in [0.25, 0.3) is 5.89 Å². The van der Waals surface area contributed by atoms with Gasteiger partial charge in [-0.1, -0.05) is 41.9 Å². The van der Waals surface area contributed by atoms with Crippen molar-refractivity contribution in [2.45, 2.75) is 31.2 Å². The van der Waals surface area contributed by atoms with Crippen LogP contribution in [0.1, 0.15) is 41.8 Å². The van der Waals surface area contributed by atoms with Crippen molar-refractivity contribution in [3.05, 3.63) is 77.4 Å². The van der Waals surface area contributed by atoms with Crippen LogP contribution in [0.4, 0.5) is 5.95 Å². The second kappa shape index (κ2) is 6.84. The molecule has 2 aliphatic rings. The van der Waals surface area contributed by atoms with Crippen molar-refractivity contribution in [2.75, 3.05) is 5.73 Å². The van der Waals surface area contributed by atoms with Crippen LogP contribution in [0, 0.1) is 0 Å². The lowest BCUT2D eigenvalue weighted by Gasteiger charge is -2.39. The Hall–Kier alpha value is -3.87. The highest BCUT2D eigenvalue weighted by molar-refractivity contribution is 5.86. The Morgan fingerprint density at radius 3 is 2.42 bits per heavy atom. The van der Waals surface area contributed by atoms with Gasteiger partial charge >= 0.3 is 0 Å². The summed E-state index contributed by atoms with van der Waals surface area (Å²) >= 11 is 0. The van der Waals surface area contributed by atoms with Gasteiger partial charge in [0, 0.05) is 29.7 Å². The van der Waals surface area contributed by atoms with Gasteiger partial charge in [0.1, 0.15) is 0 Å². The Bertz CT molecular complexity index is 1290. The molecule has 1 aliphatic heterocycles. The van der Waals surface area contributed by atoms with Gasteiger partial charge in [-0.15, -0.1) is 0 Å². The molecule has 7 nitrogen and oxygen atoms in total. The van der Waals surface area contributed by atoms with Gasteiger partial charge in [0.2, 0.25) is 5.95 Å². The number of benzene rings is 2. The monoisotopic (exact) mass is 408 g/mol. The number of fused-ring (bicyclic) bond motifs is 1. The lowest BCUT2D eigenvalue weighted by Crippen LogP contribution is -2.36. The molecule has 2 aromatic heterocycles. The number of aliphatic imine (C=N–C) groups is 1. The summed E-state index contributed by atoms with van der Waals surface area (Å²) in [6.45, 7) is 0.742. The SMILES string of the molecule is Nc1ncc(-c2ccc(C3(c4noc(-c5ccc6c(c5)C=NC6)n4)CCC3)cc2)cn1. The summed E-state index contributed by atoms with van der Waals surface area (Å²) in [4.78, 5) is 17.3. The maximum Gasteiger partial charge on any atom is 0.257 e. The number of hydrogen-bond donors (Lipinski definition) is 1. The molecule has 2 N–H and O–H groups in total. The smallest absolute Gasteiger partial charge is 0.257 e. The average molecular weight is 408 g/mol. The predicted octanol–water partition coefficient (Wildman–Crippen LogP) is 4.18. The van der Waals surface area contributed by atoms with Crippen LogP contribution in [-0.2, 0) is 12.0 Å². The molecule has 7 heteroatoms. The van der Waals surface area contributed by atoms with Gasteiger partial charge in [-0.2, -0.15) is 4.98 Å². The molecule has 0 atom stereocenters. The maximum atomic E-state index is 5.68. The summed E-state index contributed by atoms with van der Waals surface area (Å²) in [7, 11) is 0. The molecule has 0 unspecified atom stereocenters. The van der Waals surface area contributed by atoms with Gasteiger partial charge in [0.15, 0.2) is 5.82 Å². The minimum Gasteiger partial charge on any atom is -0.368 e. The predicted molar refractivity (Wildman–Crippen MR) is 118 cm³/mol. The van der Waals surface area contributed by atoms with Crippen LogP contribution < -0.4 is 5.73 Å². The van der Waals surface area contributed by atoms with E-state index in [1.807, 2.05) is 12.3 Å². The Morgan fingerprint density at radius 1 is 0.903 bits per heavy atom. The molecule has 0 bridgehead atoms. The summed E-state index contributed by atoms with van der Waals surface area (Å²) in [5.41, 5.74) is 11.9. The first-order chi connectivity index (χ1) is 15.2. The van der Waals surface area contributed by atoms with E-state index in [2.05, 4.69) is 56.5 Å². The van der Waals surface area contributed by atoms with E-state index >= 15 is 0 Å². The van der Waals surface area contributed by atoms with E-state index in [1.165, 1.54) is 11.1 Å². The van der Waals surface area contributed by atoms with Crippen molar-refractivity contribution in [3.63, 3.8) is 0 Å². The highest BCUT2D eigenvalue weighted by Gasteiger charge is 2.44. The molecule has 152 valence electrons. The summed E-state index contributed by atoms with van der Waals surface area (Å²) < 4.78 is 5.68. The Morgan fingerprint density at radius 2 is 1.68 bits per heavy atom. The number of aromatic nitrogens is 4. The zero-order valence-electron chi connectivity index (χ0n) is 16.8. The first-order valence-electron chi connectivity index (χ1n) is 10.4. The molecule has 1 saturated carbocycles. The van der Waals surface area contributed by atoms with E-state index in [0.717, 1.165) is 53.9 Å². The molecule has 31 heavy (non-hydrogen) atoms. The largest absolute Gasteiger partial charge is 0.368 e. The fourth-order valence-electron chi connectivity index (χ4n) is 4.41. The van der Waals surface area contributed by atoms with E-state index in [-0.39, 0.29) is 11.4 Å². The van der Waals surface area contributed by atoms with Crippen molar-refractivity contribution in [2.24, 2.45) is 4.99 Å². The molecule has 6 rings (SSSR count). The zero-order valence-corrected chi connectivity index (χ0v) is 16.8. The molecule has 0 radical (unpaired) electrons. The Kier molecular flexibility index (Phi) is 3.96. The first kappa shape index (κ1) is 17.9. The third-order valence-electron chi connectivity index (χ3n) is 6.39. The number of anilines is 1. The number of nitrogen functional groups attached to an aromatic ring is 1. The van der Waals surface area contributed by atoms with Gasteiger partial charge in [-0.05, 0) is 47.2 Å². The van der Waals surface area contributed by atoms with Gasteiger partial charge < -0.3 is 10.3 Å². The molecule has 0 saturated heterocycles. The number of hydrogen-bond acceptors (Lipinski definition) is 7. The summed E-state index contributed by atoms with van der Waals surface area (Å²) in [5, 5.41) is 4.39. The summed E-state index contributed by atoms with van der Waals surface area (Å²) in [6.07, 6.45) is 8.54. The Balaban J connectivity index is 1.32. The molecule has 1 aliphatic carbocycles. The van der Waals surface area contributed by atoms with Crippen molar-refractivity contribution in [3.8, 4) is 22.6 Å². The highest BCUT2D eigenvalue weighted by atomic mass is 16.5. The fourth-order valence-corrected chi connectivity index (χ4v) is 4.41. The molecular formula is C24H20N6O. The van der Waals surface area contributed by atoms with E-state index in [4.69, 9.17) is 15.2 Å². The van der Waals surface area contributed by atoms with Gasteiger partial charge in [-0.3, -0.25) is 4.99 Å². The van der Waals surface area contributed by atoms with E-state index in [0.29, 0.717) is 5.89 Å². The van der Waals surface area contributed by atoms with Crippen LogP contribution in [0.15, 0.2) is 64.4 Å². The fraction of sp³-hybridized carbons (Fsp3) is 0.208. The molecular weight excluding hydrogens is 388 g/mol. The average Bonchev–Trinajstić information content (AvgIpc) is 3.43. The van der Waals surface area contributed by atoms with Crippen LogP contribution in [-0.4, -0.2) is 26.3 Å². The molecule has 0 spiro atoms. The van der Waals surface area contributed by atoms with Crippen LogP contribution in [0.2, 0.25) is 0 Å². The lowest BCUT2D eigenvalue weighted by atomic mass is 9.64. The van der Waals surface area contributed by atoms with Crippen LogP contribution in [0.3, 0.4) is 0 Å². The molecule has 3 heterocycles. The van der Waals surface area contributed by atoms with Crippen LogP contribution in [0.5, 0.6) is 0 Å². The van der Waals surface area contributed by atoms with Crippen LogP contribution in [0.25, 0.3) is 22.6 Å². The first-order valence-corrected chi connectivity index (χ1v) is 10.4. The summed E-state index contributed by atoms with van der Waals surface area (Å²) in [6, 6.07) is 14.7. The van der Waals surface area contributed by atoms with E-state index < -0.39 is 0 Å². The van der Waals surface area contributed by atoms with Gasteiger partial charge in [0.05, 0.1) is 12.0 Å².